The molecule has 1 atom stereocenters. The van der Waals surface area contributed by atoms with Crippen LogP contribution in [0, 0.1) is 0 Å². The van der Waals surface area contributed by atoms with Gasteiger partial charge in [-0.3, -0.25) is 19.4 Å². The minimum Gasteiger partial charge on any atom is -0.468 e. The van der Waals surface area contributed by atoms with E-state index in [1.165, 1.54) is 7.11 Å². The zero-order chi connectivity index (χ0) is 13.8. The van der Waals surface area contributed by atoms with E-state index in [1.54, 1.807) is 4.90 Å². The third-order valence-electron chi connectivity index (χ3n) is 3.21. The molecule has 3 amide bonds. The molecule has 0 saturated carbocycles. The highest BCUT2D eigenvalue weighted by atomic mass is 16.5. The molecule has 1 N–H and O–H groups in total. The fourth-order valence-corrected chi connectivity index (χ4v) is 2.15. The van der Waals surface area contributed by atoms with Gasteiger partial charge in [0, 0.05) is 19.6 Å². The van der Waals surface area contributed by atoms with Crippen LogP contribution in [0.5, 0.6) is 0 Å². The summed E-state index contributed by atoms with van der Waals surface area (Å²) in [6.07, 6.45) is 0. The van der Waals surface area contributed by atoms with E-state index in [0.717, 1.165) is 4.90 Å². The molecule has 0 aromatic heterocycles. The quantitative estimate of drug-likeness (QED) is 0.623. The Morgan fingerprint density at radius 2 is 2.26 bits per heavy atom. The van der Waals surface area contributed by atoms with E-state index in [-0.39, 0.29) is 25.1 Å². The zero-order valence-electron chi connectivity index (χ0n) is 10.8. The first kappa shape index (κ1) is 13.8. The van der Waals surface area contributed by atoms with Crippen LogP contribution in [0.15, 0.2) is 0 Å². The Hall–Kier alpha value is -1.67. The van der Waals surface area contributed by atoms with Crippen molar-refractivity contribution in [1.29, 1.82) is 0 Å². The lowest BCUT2D eigenvalue weighted by atomic mass is 10.2. The van der Waals surface area contributed by atoms with Crippen LogP contribution in [0.2, 0.25) is 0 Å². The summed E-state index contributed by atoms with van der Waals surface area (Å²) in [4.78, 5) is 37.8. The Kier molecular flexibility index (Phi) is 4.33. The molecule has 2 heterocycles. The van der Waals surface area contributed by atoms with Crippen molar-refractivity contribution in [3.8, 4) is 0 Å². The Bertz CT molecular complexity index is 387. The van der Waals surface area contributed by atoms with Crippen LogP contribution in [0.1, 0.15) is 0 Å². The Morgan fingerprint density at radius 3 is 2.89 bits per heavy atom. The predicted molar refractivity (Wildman–Crippen MR) is 63.3 cm³/mol. The summed E-state index contributed by atoms with van der Waals surface area (Å²) in [6, 6.07) is -0.971. The highest BCUT2D eigenvalue weighted by Gasteiger charge is 2.34. The summed E-state index contributed by atoms with van der Waals surface area (Å²) >= 11 is 0. The van der Waals surface area contributed by atoms with Crippen LogP contribution in [0.3, 0.4) is 0 Å². The second-order valence-electron chi connectivity index (χ2n) is 4.36. The molecule has 1 unspecified atom stereocenters. The topological polar surface area (TPSA) is 88.2 Å². The third-order valence-corrected chi connectivity index (χ3v) is 3.21. The molecule has 0 bridgehead atoms. The maximum Gasteiger partial charge on any atom is 0.325 e. The summed E-state index contributed by atoms with van der Waals surface area (Å²) in [6.45, 7) is 1.95. The first-order valence-corrected chi connectivity index (χ1v) is 6.11. The van der Waals surface area contributed by atoms with Gasteiger partial charge in [-0.05, 0) is 0 Å². The maximum atomic E-state index is 12.0. The number of rotatable bonds is 3. The van der Waals surface area contributed by atoms with Crippen molar-refractivity contribution < 1.29 is 23.9 Å². The fourth-order valence-electron chi connectivity index (χ4n) is 2.15. The van der Waals surface area contributed by atoms with Gasteiger partial charge in [0.1, 0.15) is 6.04 Å². The van der Waals surface area contributed by atoms with E-state index in [2.05, 4.69) is 10.1 Å². The van der Waals surface area contributed by atoms with E-state index in [4.69, 9.17) is 4.74 Å². The zero-order valence-corrected chi connectivity index (χ0v) is 10.8. The van der Waals surface area contributed by atoms with Gasteiger partial charge in [0.05, 0.1) is 26.9 Å². The Balaban J connectivity index is 1.97. The minimum absolute atomic E-state index is 0.0105. The lowest BCUT2D eigenvalue weighted by molar-refractivity contribution is -0.154. The van der Waals surface area contributed by atoms with Crippen molar-refractivity contribution >= 4 is 17.9 Å². The number of ether oxygens (including phenoxy) is 2. The first-order chi connectivity index (χ1) is 9.13. The van der Waals surface area contributed by atoms with Crippen molar-refractivity contribution in [1.82, 2.24) is 15.1 Å². The number of imide groups is 1. The number of carbonyl (C=O) groups is 3. The molecule has 2 rings (SSSR count). The number of amides is 3. The van der Waals surface area contributed by atoms with E-state index in [9.17, 15) is 14.4 Å². The summed E-state index contributed by atoms with van der Waals surface area (Å²) in [5, 5.41) is 2.56. The van der Waals surface area contributed by atoms with Gasteiger partial charge >= 0.3 is 12.0 Å². The molecule has 0 spiro atoms. The molecule has 8 heteroatoms. The monoisotopic (exact) mass is 271 g/mol. The number of esters is 1. The van der Waals surface area contributed by atoms with Crippen molar-refractivity contribution in [2.24, 2.45) is 0 Å². The average molecular weight is 271 g/mol. The summed E-state index contributed by atoms with van der Waals surface area (Å²) in [7, 11) is 1.30. The van der Waals surface area contributed by atoms with Crippen LogP contribution in [-0.4, -0.2) is 80.3 Å². The second kappa shape index (κ2) is 5.98. The molecule has 0 radical (unpaired) electrons. The Morgan fingerprint density at radius 1 is 1.47 bits per heavy atom. The Labute approximate surface area is 110 Å². The highest BCUT2D eigenvalue weighted by Crippen LogP contribution is 2.10. The van der Waals surface area contributed by atoms with Gasteiger partial charge < -0.3 is 14.8 Å². The number of morpholine rings is 1. The van der Waals surface area contributed by atoms with Crippen LogP contribution in [0.4, 0.5) is 4.79 Å². The van der Waals surface area contributed by atoms with E-state index >= 15 is 0 Å². The predicted octanol–water partition coefficient (Wildman–Crippen LogP) is -1.59. The van der Waals surface area contributed by atoms with E-state index < -0.39 is 12.0 Å². The van der Waals surface area contributed by atoms with Gasteiger partial charge in [-0.2, -0.15) is 0 Å². The maximum absolute atomic E-state index is 12.0. The molecule has 0 aromatic rings. The molecular formula is C11H17N3O5. The van der Waals surface area contributed by atoms with Crippen LogP contribution in [0.25, 0.3) is 0 Å². The summed E-state index contributed by atoms with van der Waals surface area (Å²) < 4.78 is 9.90. The van der Waals surface area contributed by atoms with Crippen LogP contribution in [-0.2, 0) is 19.1 Å². The summed E-state index contributed by atoms with van der Waals surface area (Å²) in [5.74, 6) is -0.746. The number of nitrogens with zero attached hydrogens (tertiary/aromatic N) is 2. The molecular weight excluding hydrogens is 254 g/mol. The van der Waals surface area contributed by atoms with Crippen molar-refractivity contribution in [2.75, 3.05) is 46.5 Å². The third kappa shape index (κ3) is 3.02. The number of urea groups is 1. The molecule has 0 aliphatic carbocycles. The first-order valence-electron chi connectivity index (χ1n) is 6.11. The van der Waals surface area contributed by atoms with Crippen LogP contribution < -0.4 is 5.32 Å². The standard InChI is InChI=1S/C11H17N3O5/c1-18-10(16)8-7-19-5-4-13(8)6-9(15)14-3-2-12-11(14)17/h8H,2-7H2,1H3,(H,12,17). The smallest absolute Gasteiger partial charge is 0.325 e. The number of hydrogen-bond donors (Lipinski definition) is 1. The van der Waals surface area contributed by atoms with E-state index in [1.807, 2.05) is 0 Å². The van der Waals surface area contributed by atoms with Crippen molar-refractivity contribution in [3.05, 3.63) is 0 Å². The number of methoxy groups -OCH3 is 1. The van der Waals surface area contributed by atoms with Gasteiger partial charge in [0.25, 0.3) is 0 Å². The molecule has 0 aromatic carbocycles. The average Bonchev–Trinajstić information content (AvgIpc) is 2.85. The van der Waals surface area contributed by atoms with Gasteiger partial charge in [0.15, 0.2) is 0 Å². The lowest BCUT2D eigenvalue weighted by Gasteiger charge is -2.33. The second-order valence-corrected chi connectivity index (χ2v) is 4.36. The van der Waals surface area contributed by atoms with Crippen molar-refractivity contribution in [3.63, 3.8) is 0 Å². The SMILES string of the molecule is COC(=O)C1COCCN1CC(=O)N1CCNC1=O. The molecule has 8 nitrogen and oxygen atoms in total. The number of hydrogen-bond acceptors (Lipinski definition) is 6. The molecule has 2 aliphatic rings. The van der Waals surface area contributed by atoms with Crippen LogP contribution >= 0.6 is 0 Å². The minimum atomic E-state index is -0.589. The molecule has 19 heavy (non-hydrogen) atoms. The normalized spacial score (nSPS) is 24.2. The molecule has 2 fully saturated rings. The molecule has 2 saturated heterocycles. The van der Waals surface area contributed by atoms with Gasteiger partial charge in [-0.1, -0.05) is 0 Å². The lowest BCUT2D eigenvalue weighted by Crippen LogP contribution is -2.54. The fraction of sp³-hybridized carbons (Fsp3) is 0.727. The summed E-state index contributed by atoms with van der Waals surface area (Å²) in [5.41, 5.74) is 0. The van der Waals surface area contributed by atoms with E-state index in [0.29, 0.717) is 26.2 Å². The number of carbonyl (C=O) groups excluding carboxylic acids is 3. The van der Waals surface area contributed by atoms with Gasteiger partial charge in [-0.15, -0.1) is 0 Å². The molecule has 106 valence electrons. The van der Waals surface area contributed by atoms with Crippen molar-refractivity contribution in [2.45, 2.75) is 6.04 Å². The largest absolute Gasteiger partial charge is 0.468 e. The molecule has 2 aliphatic heterocycles. The van der Waals surface area contributed by atoms with Gasteiger partial charge in [-0.25, -0.2) is 4.79 Å². The van der Waals surface area contributed by atoms with Gasteiger partial charge in [0.2, 0.25) is 5.91 Å². The number of nitrogens with one attached hydrogen (secondary N) is 1. The highest BCUT2D eigenvalue weighted by molar-refractivity contribution is 5.96.